The molecule has 1 aliphatic rings. The summed E-state index contributed by atoms with van der Waals surface area (Å²) in [5.41, 5.74) is -0.851. The van der Waals surface area contributed by atoms with Crippen LogP contribution in [0.15, 0.2) is 16.5 Å². The van der Waals surface area contributed by atoms with Crippen LogP contribution in [0.1, 0.15) is 45.8 Å². The Bertz CT molecular complexity index is 572. The van der Waals surface area contributed by atoms with Gasteiger partial charge in [0.05, 0.1) is 18.2 Å². The van der Waals surface area contributed by atoms with Crippen LogP contribution in [0, 0.1) is 10.1 Å². The first-order valence-electron chi connectivity index (χ1n) is 7.64. The standard InChI is InChI=1S/C15H23N3O5/c1-14(2,3)23-13(19)17-15(7-4-8-15)10-16-9-11-5-6-12(22-11)18(20)21/h5-6,16H,4,7-10H2,1-3H3,(H,17,19). The number of alkyl carbamates (subject to hydrolysis) is 1. The molecule has 8 heteroatoms. The van der Waals surface area contributed by atoms with Crippen LogP contribution in [0.4, 0.5) is 10.7 Å². The fourth-order valence-corrected chi connectivity index (χ4v) is 2.45. The molecule has 2 N–H and O–H groups in total. The molecule has 0 atom stereocenters. The number of carbonyl (C=O) groups excluding carboxylic acids is 1. The summed E-state index contributed by atoms with van der Waals surface area (Å²) in [6, 6.07) is 2.90. The lowest BCUT2D eigenvalue weighted by Crippen LogP contribution is -2.59. The van der Waals surface area contributed by atoms with E-state index in [9.17, 15) is 14.9 Å². The van der Waals surface area contributed by atoms with E-state index in [1.165, 1.54) is 6.07 Å². The van der Waals surface area contributed by atoms with Crippen LogP contribution in [0.3, 0.4) is 0 Å². The molecule has 0 bridgehead atoms. The first-order valence-corrected chi connectivity index (χ1v) is 7.64. The first-order chi connectivity index (χ1) is 10.7. The van der Waals surface area contributed by atoms with Gasteiger partial charge in [0, 0.05) is 6.54 Å². The van der Waals surface area contributed by atoms with Crippen LogP contribution in [0.5, 0.6) is 0 Å². The van der Waals surface area contributed by atoms with Crippen molar-refractivity contribution in [2.45, 2.75) is 57.7 Å². The molecular formula is C15H23N3O5. The fourth-order valence-electron chi connectivity index (χ4n) is 2.45. The zero-order valence-electron chi connectivity index (χ0n) is 13.7. The van der Waals surface area contributed by atoms with Crippen LogP contribution < -0.4 is 10.6 Å². The Morgan fingerprint density at radius 1 is 1.43 bits per heavy atom. The average molecular weight is 325 g/mol. The second-order valence-corrected chi connectivity index (χ2v) is 6.86. The van der Waals surface area contributed by atoms with Gasteiger partial charge >= 0.3 is 12.0 Å². The molecule has 1 heterocycles. The van der Waals surface area contributed by atoms with Crippen LogP contribution in [0.2, 0.25) is 0 Å². The van der Waals surface area contributed by atoms with Gasteiger partial charge in [-0.3, -0.25) is 10.1 Å². The topological polar surface area (TPSA) is 107 Å². The summed E-state index contributed by atoms with van der Waals surface area (Å²) in [4.78, 5) is 21.9. The molecule has 1 aromatic heterocycles. The number of nitrogens with one attached hydrogen (secondary N) is 2. The highest BCUT2D eigenvalue weighted by Crippen LogP contribution is 2.31. The quantitative estimate of drug-likeness (QED) is 0.615. The molecule has 0 aromatic carbocycles. The highest BCUT2D eigenvalue weighted by atomic mass is 16.6. The molecule has 1 saturated carbocycles. The predicted molar refractivity (Wildman–Crippen MR) is 83.0 cm³/mol. The van der Waals surface area contributed by atoms with Crippen LogP contribution >= 0.6 is 0 Å². The number of hydrogen-bond acceptors (Lipinski definition) is 6. The van der Waals surface area contributed by atoms with Gasteiger partial charge in [-0.15, -0.1) is 0 Å². The van der Waals surface area contributed by atoms with Gasteiger partial charge < -0.3 is 19.8 Å². The minimum atomic E-state index is -0.568. The minimum absolute atomic E-state index is 0.271. The van der Waals surface area contributed by atoms with Crippen molar-refractivity contribution in [1.82, 2.24) is 10.6 Å². The van der Waals surface area contributed by atoms with Crippen molar-refractivity contribution in [3.8, 4) is 0 Å². The summed E-state index contributed by atoms with van der Waals surface area (Å²) in [7, 11) is 0. The van der Waals surface area contributed by atoms with Crippen molar-refractivity contribution in [1.29, 1.82) is 0 Å². The van der Waals surface area contributed by atoms with Gasteiger partial charge in [-0.1, -0.05) is 0 Å². The second-order valence-electron chi connectivity index (χ2n) is 6.86. The van der Waals surface area contributed by atoms with Crippen molar-refractivity contribution in [2.24, 2.45) is 0 Å². The van der Waals surface area contributed by atoms with Gasteiger partial charge in [0.1, 0.15) is 16.3 Å². The molecule has 1 aliphatic carbocycles. The smallest absolute Gasteiger partial charge is 0.433 e. The molecular weight excluding hydrogens is 302 g/mol. The largest absolute Gasteiger partial charge is 0.444 e. The Labute approximate surface area is 134 Å². The summed E-state index contributed by atoms with van der Waals surface area (Å²) < 4.78 is 10.4. The van der Waals surface area contributed by atoms with E-state index in [0.29, 0.717) is 18.8 Å². The second kappa shape index (κ2) is 6.57. The number of furan rings is 1. The van der Waals surface area contributed by atoms with Gasteiger partial charge in [0.2, 0.25) is 0 Å². The molecule has 0 unspecified atom stereocenters. The van der Waals surface area contributed by atoms with Crippen molar-refractivity contribution >= 4 is 12.0 Å². The lowest BCUT2D eigenvalue weighted by molar-refractivity contribution is -0.402. The van der Waals surface area contributed by atoms with E-state index in [4.69, 9.17) is 9.15 Å². The van der Waals surface area contributed by atoms with E-state index in [1.807, 2.05) is 20.8 Å². The van der Waals surface area contributed by atoms with E-state index in [-0.39, 0.29) is 11.4 Å². The monoisotopic (exact) mass is 325 g/mol. The molecule has 2 rings (SSSR count). The fraction of sp³-hybridized carbons (Fsp3) is 0.667. The third kappa shape index (κ3) is 4.95. The Morgan fingerprint density at radius 2 is 2.13 bits per heavy atom. The lowest BCUT2D eigenvalue weighted by atomic mass is 9.76. The van der Waals surface area contributed by atoms with E-state index >= 15 is 0 Å². The predicted octanol–water partition coefficient (Wildman–Crippen LogP) is 2.72. The molecule has 0 spiro atoms. The number of carbonyl (C=O) groups is 1. The summed E-state index contributed by atoms with van der Waals surface area (Å²) in [6.45, 7) is 6.39. The van der Waals surface area contributed by atoms with E-state index < -0.39 is 16.6 Å². The highest BCUT2D eigenvalue weighted by Gasteiger charge is 2.39. The van der Waals surface area contributed by atoms with Gasteiger partial charge in [-0.05, 0) is 46.1 Å². The summed E-state index contributed by atoms with van der Waals surface area (Å²) in [5.74, 6) is 0.218. The molecule has 8 nitrogen and oxygen atoms in total. The van der Waals surface area contributed by atoms with E-state index in [1.54, 1.807) is 6.07 Å². The normalized spacial score (nSPS) is 16.5. The molecule has 0 saturated heterocycles. The number of rotatable bonds is 6. The Kier molecular flexibility index (Phi) is 4.93. The zero-order chi connectivity index (χ0) is 17.1. The van der Waals surface area contributed by atoms with Crippen LogP contribution in [-0.2, 0) is 11.3 Å². The molecule has 23 heavy (non-hydrogen) atoms. The lowest BCUT2D eigenvalue weighted by Gasteiger charge is -2.42. The molecule has 128 valence electrons. The Hall–Kier alpha value is -2.09. The maximum absolute atomic E-state index is 11.9. The minimum Gasteiger partial charge on any atom is -0.444 e. The summed E-state index contributed by atoms with van der Waals surface area (Å²) in [6.07, 6.45) is 2.37. The third-order valence-corrected chi connectivity index (χ3v) is 3.67. The van der Waals surface area contributed by atoms with Crippen molar-refractivity contribution in [2.75, 3.05) is 6.54 Å². The number of amides is 1. The van der Waals surface area contributed by atoms with Crippen LogP contribution in [0.25, 0.3) is 0 Å². The maximum atomic E-state index is 11.9. The van der Waals surface area contributed by atoms with Crippen molar-refractivity contribution in [3.63, 3.8) is 0 Å². The van der Waals surface area contributed by atoms with Crippen molar-refractivity contribution < 1.29 is 18.9 Å². The third-order valence-electron chi connectivity index (χ3n) is 3.67. The number of nitrogens with zero attached hydrogens (tertiary/aromatic N) is 1. The Morgan fingerprint density at radius 3 is 2.61 bits per heavy atom. The van der Waals surface area contributed by atoms with E-state index in [0.717, 1.165) is 19.3 Å². The average Bonchev–Trinajstić information content (AvgIpc) is 2.82. The Balaban J connectivity index is 1.82. The number of nitro groups is 1. The van der Waals surface area contributed by atoms with Gasteiger partial charge in [0.15, 0.2) is 0 Å². The maximum Gasteiger partial charge on any atom is 0.433 e. The summed E-state index contributed by atoms with van der Waals surface area (Å²) >= 11 is 0. The van der Waals surface area contributed by atoms with Crippen LogP contribution in [-0.4, -0.2) is 28.7 Å². The molecule has 1 fully saturated rings. The van der Waals surface area contributed by atoms with Crippen molar-refractivity contribution in [3.05, 3.63) is 28.0 Å². The van der Waals surface area contributed by atoms with Gasteiger partial charge in [-0.2, -0.15) is 0 Å². The first kappa shape index (κ1) is 17.3. The molecule has 1 amide bonds. The number of ether oxygens (including phenoxy) is 1. The van der Waals surface area contributed by atoms with Gasteiger partial charge in [0.25, 0.3) is 0 Å². The zero-order valence-corrected chi connectivity index (χ0v) is 13.7. The molecule has 0 radical (unpaired) electrons. The number of hydrogen-bond donors (Lipinski definition) is 2. The molecule has 1 aromatic rings. The summed E-state index contributed by atoms with van der Waals surface area (Å²) in [5, 5.41) is 16.7. The van der Waals surface area contributed by atoms with E-state index in [2.05, 4.69) is 10.6 Å². The van der Waals surface area contributed by atoms with Gasteiger partial charge in [-0.25, -0.2) is 4.79 Å². The highest BCUT2D eigenvalue weighted by molar-refractivity contribution is 5.69. The molecule has 0 aliphatic heterocycles. The SMILES string of the molecule is CC(C)(C)OC(=O)NC1(CNCc2ccc([N+](=O)[O-])o2)CCC1.